The predicted octanol–water partition coefficient (Wildman–Crippen LogP) is 7.51. The molecule has 0 spiro atoms. The molecule has 0 fully saturated rings. The van der Waals surface area contributed by atoms with E-state index in [1.165, 1.54) is 36.5 Å². The zero-order chi connectivity index (χ0) is 26.6. The molecule has 4 rings (SSSR count). The van der Waals surface area contributed by atoms with Gasteiger partial charge in [0.05, 0.1) is 16.3 Å². The van der Waals surface area contributed by atoms with Gasteiger partial charge in [-0.15, -0.1) is 0 Å². The number of pyridine rings is 1. The second-order valence-electron chi connectivity index (χ2n) is 8.55. The molecule has 0 radical (unpaired) electrons. The van der Waals surface area contributed by atoms with E-state index in [0.717, 1.165) is 17.7 Å². The maximum atomic E-state index is 14.1. The van der Waals surface area contributed by atoms with Crippen LogP contribution in [-0.4, -0.2) is 11.0 Å². The topological polar surface area (TPSA) is 54.0 Å². The van der Waals surface area contributed by atoms with E-state index in [1.807, 2.05) is 6.07 Å². The third-order valence-electron chi connectivity index (χ3n) is 5.92. The van der Waals surface area contributed by atoms with Crippen LogP contribution in [-0.2, 0) is 18.1 Å². The fourth-order valence-corrected chi connectivity index (χ4v) is 4.15. The maximum absolute atomic E-state index is 14.1. The zero-order valence-electron chi connectivity index (χ0n) is 19.6. The molecule has 0 aliphatic rings. The Morgan fingerprint density at radius 3 is 2.30 bits per heavy atom. The van der Waals surface area contributed by atoms with Crippen molar-refractivity contribution in [2.24, 2.45) is 0 Å². The van der Waals surface area contributed by atoms with E-state index in [1.54, 1.807) is 43.3 Å². The lowest BCUT2D eigenvalue weighted by Crippen LogP contribution is -2.50. The van der Waals surface area contributed by atoms with Crippen molar-refractivity contribution in [1.82, 2.24) is 10.3 Å². The molecule has 9 heteroatoms. The van der Waals surface area contributed by atoms with Gasteiger partial charge in [-0.1, -0.05) is 60.1 Å². The van der Waals surface area contributed by atoms with E-state index in [4.69, 9.17) is 11.6 Å². The second-order valence-corrected chi connectivity index (χ2v) is 8.99. The molecule has 4 aromatic rings. The zero-order valence-corrected chi connectivity index (χ0v) is 20.4. The molecule has 2 N–H and O–H groups in total. The SMILES string of the molecule is Cc1ccc(NC(=O)NC(Cc2ccccc2)(c2cccc(C(F)(F)F)c2)c2ccc(Cl)cn2)cc1F. The molecule has 190 valence electrons. The van der Waals surface area contributed by atoms with Crippen LogP contribution in [0.3, 0.4) is 0 Å². The molecule has 0 aliphatic carbocycles. The van der Waals surface area contributed by atoms with Gasteiger partial charge in [-0.3, -0.25) is 4.98 Å². The fraction of sp³-hybridized carbons (Fsp3) is 0.143. The smallest absolute Gasteiger partial charge is 0.322 e. The summed E-state index contributed by atoms with van der Waals surface area (Å²) in [5, 5.41) is 5.75. The quantitative estimate of drug-likeness (QED) is 0.255. The molecule has 4 nitrogen and oxygen atoms in total. The number of carbonyl (C=O) groups excluding carboxylic acids is 1. The van der Waals surface area contributed by atoms with Gasteiger partial charge in [0, 0.05) is 18.3 Å². The number of rotatable bonds is 6. The van der Waals surface area contributed by atoms with Crippen molar-refractivity contribution in [1.29, 1.82) is 0 Å². The molecule has 1 unspecified atom stereocenters. The number of carbonyl (C=O) groups is 1. The van der Waals surface area contributed by atoms with E-state index >= 15 is 0 Å². The van der Waals surface area contributed by atoms with Gasteiger partial charge in [0.1, 0.15) is 11.4 Å². The van der Waals surface area contributed by atoms with Gasteiger partial charge in [0.15, 0.2) is 0 Å². The second kappa shape index (κ2) is 10.6. The number of benzene rings is 3. The number of hydrogen-bond donors (Lipinski definition) is 2. The fourth-order valence-electron chi connectivity index (χ4n) is 4.04. The van der Waals surface area contributed by atoms with Crippen LogP contribution in [0.15, 0.2) is 91.1 Å². The summed E-state index contributed by atoms with van der Waals surface area (Å²) in [7, 11) is 0. The molecule has 0 saturated carbocycles. The van der Waals surface area contributed by atoms with Crippen LogP contribution in [0.5, 0.6) is 0 Å². The number of urea groups is 1. The summed E-state index contributed by atoms with van der Waals surface area (Å²) in [5.74, 6) is -0.509. The minimum absolute atomic E-state index is 0.0689. The number of amides is 2. The van der Waals surface area contributed by atoms with Crippen molar-refractivity contribution < 1.29 is 22.4 Å². The van der Waals surface area contributed by atoms with Gasteiger partial charge in [-0.05, 0) is 60.0 Å². The van der Waals surface area contributed by atoms with Crippen LogP contribution in [0.1, 0.15) is 27.9 Å². The summed E-state index contributed by atoms with van der Waals surface area (Å²) in [6.45, 7) is 1.59. The molecule has 1 atom stereocenters. The van der Waals surface area contributed by atoms with Crippen molar-refractivity contribution in [3.05, 3.63) is 130 Å². The van der Waals surface area contributed by atoms with E-state index in [9.17, 15) is 22.4 Å². The number of anilines is 1. The number of halogens is 5. The van der Waals surface area contributed by atoms with Crippen molar-refractivity contribution >= 4 is 23.3 Å². The van der Waals surface area contributed by atoms with Gasteiger partial charge in [0.25, 0.3) is 0 Å². The summed E-state index contributed by atoms with van der Waals surface area (Å²) >= 11 is 6.05. The van der Waals surface area contributed by atoms with Crippen molar-refractivity contribution in [2.75, 3.05) is 5.32 Å². The van der Waals surface area contributed by atoms with Crippen LogP contribution < -0.4 is 10.6 Å². The Balaban J connectivity index is 1.86. The number of nitrogens with zero attached hydrogens (tertiary/aromatic N) is 1. The Hall–Kier alpha value is -3.91. The lowest BCUT2D eigenvalue weighted by atomic mass is 9.80. The van der Waals surface area contributed by atoms with E-state index in [2.05, 4.69) is 15.6 Å². The normalized spacial score (nSPS) is 13.0. The van der Waals surface area contributed by atoms with Gasteiger partial charge < -0.3 is 10.6 Å². The van der Waals surface area contributed by atoms with Crippen LogP contribution in [0.25, 0.3) is 0 Å². The Kier molecular flexibility index (Phi) is 7.50. The summed E-state index contributed by atoms with van der Waals surface area (Å²) in [5.41, 5.74) is -0.671. The Morgan fingerprint density at radius 2 is 1.65 bits per heavy atom. The van der Waals surface area contributed by atoms with Crippen molar-refractivity contribution in [3.8, 4) is 0 Å². The van der Waals surface area contributed by atoms with Crippen LogP contribution in [0.4, 0.5) is 28.0 Å². The molecule has 1 heterocycles. The monoisotopic (exact) mass is 527 g/mol. The molecule has 0 bridgehead atoms. The van der Waals surface area contributed by atoms with Gasteiger partial charge in [0.2, 0.25) is 0 Å². The third kappa shape index (κ3) is 6.09. The molecular formula is C28H22ClF4N3O. The first kappa shape index (κ1) is 26.2. The van der Waals surface area contributed by atoms with Crippen LogP contribution >= 0.6 is 11.6 Å². The number of alkyl halides is 3. The Bertz CT molecular complexity index is 1390. The molecule has 37 heavy (non-hydrogen) atoms. The highest BCUT2D eigenvalue weighted by atomic mass is 35.5. The third-order valence-corrected chi connectivity index (χ3v) is 6.14. The predicted molar refractivity (Wildman–Crippen MR) is 135 cm³/mol. The Labute approximate surface area is 216 Å². The number of hydrogen-bond acceptors (Lipinski definition) is 2. The lowest BCUT2D eigenvalue weighted by molar-refractivity contribution is -0.137. The number of aryl methyl sites for hydroxylation is 1. The van der Waals surface area contributed by atoms with Gasteiger partial charge >= 0.3 is 12.2 Å². The molecule has 0 aliphatic heterocycles. The highest BCUT2D eigenvalue weighted by Crippen LogP contribution is 2.37. The minimum Gasteiger partial charge on any atom is -0.322 e. The summed E-state index contributed by atoms with van der Waals surface area (Å²) in [6, 6.07) is 20.3. The van der Waals surface area contributed by atoms with E-state index in [-0.39, 0.29) is 23.4 Å². The molecule has 3 aromatic carbocycles. The minimum atomic E-state index is -4.61. The molecule has 0 saturated heterocycles. The summed E-state index contributed by atoms with van der Waals surface area (Å²) in [4.78, 5) is 17.7. The Morgan fingerprint density at radius 1 is 0.919 bits per heavy atom. The summed E-state index contributed by atoms with van der Waals surface area (Å²) < 4.78 is 55.1. The first-order valence-electron chi connectivity index (χ1n) is 11.3. The first-order chi connectivity index (χ1) is 17.6. The van der Waals surface area contributed by atoms with E-state index in [0.29, 0.717) is 10.6 Å². The number of nitrogens with one attached hydrogen (secondary N) is 2. The van der Waals surface area contributed by atoms with E-state index < -0.39 is 29.1 Å². The highest BCUT2D eigenvalue weighted by Gasteiger charge is 2.40. The first-order valence-corrected chi connectivity index (χ1v) is 11.6. The average molecular weight is 528 g/mol. The summed E-state index contributed by atoms with van der Waals surface area (Å²) in [6.07, 6.45) is -3.18. The molecule has 1 aromatic heterocycles. The van der Waals surface area contributed by atoms with Crippen LogP contribution in [0.2, 0.25) is 5.02 Å². The molecular weight excluding hydrogens is 506 g/mol. The lowest BCUT2D eigenvalue weighted by Gasteiger charge is -2.36. The van der Waals surface area contributed by atoms with Crippen molar-refractivity contribution in [3.63, 3.8) is 0 Å². The average Bonchev–Trinajstić information content (AvgIpc) is 2.86. The maximum Gasteiger partial charge on any atom is 0.416 e. The van der Waals surface area contributed by atoms with Crippen LogP contribution in [0, 0.1) is 12.7 Å². The van der Waals surface area contributed by atoms with Crippen molar-refractivity contribution in [2.45, 2.75) is 25.1 Å². The highest BCUT2D eigenvalue weighted by molar-refractivity contribution is 6.30. The largest absolute Gasteiger partial charge is 0.416 e. The van der Waals surface area contributed by atoms with Gasteiger partial charge in [-0.2, -0.15) is 13.2 Å². The number of aromatic nitrogens is 1. The standard InChI is InChI=1S/C28H22ClF4N3O/c1-18-10-12-23(15-24(18)30)35-26(37)36-27(16-19-6-3-2-4-7-19,25-13-11-22(29)17-34-25)20-8-5-9-21(14-20)28(31,32)33/h2-15,17H,16H2,1H3,(H2,35,36,37). The molecule has 2 amide bonds. The van der Waals surface area contributed by atoms with Gasteiger partial charge in [-0.25, -0.2) is 9.18 Å².